The molecule has 2 unspecified atom stereocenters. The molecule has 1 N–H and O–H groups in total. The van der Waals surface area contributed by atoms with Crippen LogP contribution in [0.5, 0.6) is 0 Å². The number of rotatable bonds is 3. The third-order valence-corrected chi connectivity index (χ3v) is 2.04. The van der Waals surface area contributed by atoms with Gasteiger partial charge in [0.2, 0.25) is 5.69 Å². The fourth-order valence-corrected chi connectivity index (χ4v) is 1.18. The summed E-state index contributed by atoms with van der Waals surface area (Å²) in [6, 6.07) is 0. The molecule has 8 heteroatoms. The lowest BCUT2D eigenvalue weighted by molar-refractivity contribution is -0.392. The van der Waals surface area contributed by atoms with Crippen LogP contribution in [-0.2, 0) is 4.74 Å². The predicted molar refractivity (Wildman–Crippen MR) is 40.3 cm³/mol. The average Bonchev–Trinajstić information content (AvgIpc) is 2.47. The van der Waals surface area contributed by atoms with Crippen molar-refractivity contribution in [3.8, 4) is 0 Å². The molecule has 0 saturated carbocycles. The predicted octanol–water partition coefficient (Wildman–Crippen LogP) is -0.200. The summed E-state index contributed by atoms with van der Waals surface area (Å²) in [4.78, 5) is 9.65. The first kappa shape index (κ1) is 9.03. The van der Waals surface area contributed by atoms with Crippen molar-refractivity contribution in [1.82, 2.24) is 10.3 Å². The van der Waals surface area contributed by atoms with E-state index >= 15 is 0 Å². The van der Waals surface area contributed by atoms with Crippen LogP contribution in [0, 0.1) is 10.1 Å². The van der Waals surface area contributed by atoms with E-state index in [0.29, 0.717) is 13.0 Å². The summed E-state index contributed by atoms with van der Waals surface area (Å²) >= 11 is 0. The maximum absolute atomic E-state index is 10.4. The first-order valence-corrected chi connectivity index (χ1v) is 3.96. The van der Waals surface area contributed by atoms with E-state index in [1.807, 2.05) is 0 Å². The second-order valence-electron chi connectivity index (χ2n) is 2.87. The first-order valence-electron chi connectivity index (χ1n) is 3.96. The van der Waals surface area contributed by atoms with Gasteiger partial charge in [-0.05, 0) is 16.5 Å². The molecule has 1 aromatic rings. The molecule has 1 aliphatic rings. The standard InChI is InChI=1S/C6H7N3O5/c10-5(3-1-2-13-3)4-6(9(11)12)8-14-7-4/h3,5,10H,1-2H2. The molecule has 0 bridgehead atoms. The molecule has 0 aromatic carbocycles. The number of nitro groups is 1. The second-order valence-corrected chi connectivity index (χ2v) is 2.87. The summed E-state index contributed by atoms with van der Waals surface area (Å²) in [7, 11) is 0. The van der Waals surface area contributed by atoms with Crippen LogP contribution in [0.2, 0.25) is 0 Å². The van der Waals surface area contributed by atoms with Crippen LogP contribution in [0.4, 0.5) is 5.82 Å². The normalized spacial score (nSPS) is 22.8. The van der Waals surface area contributed by atoms with Gasteiger partial charge in [0, 0.05) is 6.61 Å². The molecule has 2 rings (SSSR count). The Kier molecular flexibility index (Phi) is 2.14. The maximum atomic E-state index is 10.4. The van der Waals surface area contributed by atoms with Crippen molar-refractivity contribution in [2.24, 2.45) is 0 Å². The Labute approximate surface area is 77.6 Å². The molecule has 8 nitrogen and oxygen atoms in total. The molecule has 1 aliphatic heterocycles. The van der Waals surface area contributed by atoms with Gasteiger partial charge < -0.3 is 20.0 Å². The largest absolute Gasteiger partial charge is 0.440 e. The van der Waals surface area contributed by atoms with Gasteiger partial charge in [0.05, 0.1) is 6.10 Å². The second kappa shape index (κ2) is 3.31. The Bertz CT molecular complexity index is 347. The van der Waals surface area contributed by atoms with Crippen LogP contribution in [0.25, 0.3) is 0 Å². The summed E-state index contributed by atoms with van der Waals surface area (Å²) < 4.78 is 9.16. The topological polar surface area (TPSA) is 112 Å². The Morgan fingerprint density at radius 3 is 2.86 bits per heavy atom. The van der Waals surface area contributed by atoms with Gasteiger partial charge in [-0.3, -0.25) is 0 Å². The molecule has 1 aromatic heterocycles. The van der Waals surface area contributed by atoms with Crippen LogP contribution in [0.15, 0.2) is 4.63 Å². The summed E-state index contributed by atoms with van der Waals surface area (Å²) in [6.07, 6.45) is -0.943. The summed E-state index contributed by atoms with van der Waals surface area (Å²) in [5, 5.41) is 26.3. The summed E-state index contributed by atoms with van der Waals surface area (Å²) in [6.45, 7) is 0.542. The minimum Gasteiger partial charge on any atom is -0.384 e. The number of hydrogen-bond donors (Lipinski definition) is 1. The lowest BCUT2D eigenvalue weighted by atomic mass is 10.0. The van der Waals surface area contributed by atoms with E-state index in [2.05, 4.69) is 14.9 Å². The monoisotopic (exact) mass is 201 g/mol. The Morgan fingerprint density at radius 1 is 1.64 bits per heavy atom. The average molecular weight is 201 g/mol. The van der Waals surface area contributed by atoms with Gasteiger partial charge >= 0.3 is 5.82 Å². The lowest BCUT2D eigenvalue weighted by Gasteiger charge is -2.28. The number of nitrogens with zero attached hydrogens (tertiary/aromatic N) is 3. The minimum atomic E-state index is -1.14. The Hall–Kier alpha value is -1.54. The highest BCUT2D eigenvalue weighted by atomic mass is 16.6. The zero-order chi connectivity index (χ0) is 10.1. The van der Waals surface area contributed by atoms with Crippen molar-refractivity contribution >= 4 is 5.82 Å². The Balaban J connectivity index is 2.21. The van der Waals surface area contributed by atoms with Crippen molar-refractivity contribution in [3.63, 3.8) is 0 Å². The molecular weight excluding hydrogens is 194 g/mol. The van der Waals surface area contributed by atoms with Gasteiger partial charge in [0.25, 0.3) is 0 Å². The number of hydrogen-bond acceptors (Lipinski definition) is 7. The fourth-order valence-electron chi connectivity index (χ4n) is 1.18. The lowest BCUT2D eigenvalue weighted by Crippen LogP contribution is -2.33. The third kappa shape index (κ3) is 1.34. The molecular formula is C6H7N3O5. The van der Waals surface area contributed by atoms with E-state index in [1.165, 1.54) is 0 Å². The first-order chi connectivity index (χ1) is 6.70. The summed E-state index contributed by atoms with van der Waals surface area (Å²) in [5.74, 6) is -0.562. The van der Waals surface area contributed by atoms with Crippen molar-refractivity contribution in [1.29, 1.82) is 0 Å². The molecule has 0 radical (unpaired) electrons. The van der Waals surface area contributed by atoms with Crippen LogP contribution in [0.3, 0.4) is 0 Å². The van der Waals surface area contributed by atoms with Crippen LogP contribution in [0.1, 0.15) is 18.2 Å². The van der Waals surface area contributed by atoms with E-state index in [1.54, 1.807) is 0 Å². The van der Waals surface area contributed by atoms with Crippen LogP contribution in [-0.4, -0.2) is 33.1 Å². The molecule has 0 aliphatic carbocycles. The quantitative estimate of drug-likeness (QED) is 0.532. The highest BCUT2D eigenvalue weighted by Gasteiger charge is 2.37. The van der Waals surface area contributed by atoms with Gasteiger partial charge in [-0.2, -0.15) is 0 Å². The number of aromatic nitrogens is 2. The maximum Gasteiger partial charge on any atom is 0.440 e. The molecule has 76 valence electrons. The van der Waals surface area contributed by atoms with Crippen molar-refractivity contribution < 1.29 is 19.4 Å². The van der Waals surface area contributed by atoms with Gasteiger partial charge in [0.1, 0.15) is 6.10 Å². The van der Waals surface area contributed by atoms with E-state index in [4.69, 9.17) is 4.74 Å². The van der Waals surface area contributed by atoms with Crippen molar-refractivity contribution in [2.45, 2.75) is 18.6 Å². The SMILES string of the molecule is O=[N+]([O-])c1nonc1C(O)C1CCO1. The highest BCUT2D eigenvalue weighted by Crippen LogP contribution is 2.30. The van der Waals surface area contributed by atoms with Crippen molar-refractivity contribution in [2.75, 3.05) is 6.61 Å². The van der Waals surface area contributed by atoms with E-state index in [0.717, 1.165) is 0 Å². The van der Waals surface area contributed by atoms with Gasteiger partial charge in [0.15, 0.2) is 5.16 Å². The van der Waals surface area contributed by atoms with Crippen LogP contribution >= 0.6 is 0 Å². The zero-order valence-electron chi connectivity index (χ0n) is 6.99. The number of ether oxygens (including phenoxy) is 1. The number of aliphatic hydroxyl groups excluding tert-OH is 1. The smallest absolute Gasteiger partial charge is 0.384 e. The van der Waals surface area contributed by atoms with Gasteiger partial charge in [-0.25, -0.2) is 0 Å². The van der Waals surface area contributed by atoms with Crippen molar-refractivity contribution in [3.05, 3.63) is 15.8 Å². The Morgan fingerprint density at radius 2 is 2.36 bits per heavy atom. The molecule has 0 spiro atoms. The molecule has 0 amide bonds. The number of aliphatic hydroxyl groups is 1. The zero-order valence-corrected chi connectivity index (χ0v) is 6.99. The van der Waals surface area contributed by atoms with E-state index in [9.17, 15) is 15.2 Å². The van der Waals surface area contributed by atoms with Crippen LogP contribution < -0.4 is 0 Å². The molecule has 1 fully saturated rings. The highest BCUT2D eigenvalue weighted by molar-refractivity contribution is 5.25. The van der Waals surface area contributed by atoms with E-state index < -0.39 is 22.9 Å². The minimum absolute atomic E-state index is 0.181. The molecule has 2 heterocycles. The molecule has 1 saturated heterocycles. The molecule has 2 atom stereocenters. The van der Waals surface area contributed by atoms with E-state index in [-0.39, 0.29) is 5.69 Å². The fraction of sp³-hybridized carbons (Fsp3) is 0.667. The van der Waals surface area contributed by atoms with Gasteiger partial charge in [-0.15, -0.1) is 4.63 Å². The summed E-state index contributed by atoms with van der Waals surface area (Å²) in [5.41, 5.74) is -0.181. The molecule has 14 heavy (non-hydrogen) atoms. The third-order valence-electron chi connectivity index (χ3n) is 2.04. The van der Waals surface area contributed by atoms with Gasteiger partial charge in [-0.1, -0.05) is 0 Å².